The lowest BCUT2D eigenvalue weighted by molar-refractivity contribution is -0.0498. The van der Waals surface area contributed by atoms with E-state index in [1.807, 2.05) is 0 Å². The van der Waals surface area contributed by atoms with E-state index in [1.54, 1.807) is 36.0 Å². The van der Waals surface area contributed by atoms with Crippen molar-refractivity contribution in [1.29, 1.82) is 0 Å². The van der Waals surface area contributed by atoms with E-state index in [0.29, 0.717) is 5.82 Å². The first-order chi connectivity index (χ1) is 12.7. The number of halogens is 2. The van der Waals surface area contributed by atoms with Crippen LogP contribution in [0, 0.1) is 0 Å². The van der Waals surface area contributed by atoms with E-state index in [4.69, 9.17) is 0 Å². The Morgan fingerprint density at radius 3 is 2.77 bits per heavy atom. The largest absolute Gasteiger partial charge is 0.435 e. The molecule has 26 heavy (non-hydrogen) atoms. The van der Waals surface area contributed by atoms with Crippen LogP contribution >= 0.6 is 11.3 Å². The summed E-state index contributed by atoms with van der Waals surface area (Å²) >= 11 is 1.73. The Labute approximate surface area is 152 Å². The van der Waals surface area contributed by atoms with E-state index in [9.17, 15) is 8.78 Å². The van der Waals surface area contributed by atoms with Gasteiger partial charge in [0, 0.05) is 4.88 Å². The quantitative estimate of drug-likeness (QED) is 0.523. The van der Waals surface area contributed by atoms with Crippen LogP contribution < -0.4 is 10.2 Å². The maximum atomic E-state index is 12.2. The molecule has 5 nitrogen and oxygen atoms in total. The van der Waals surface area contributed by atoms with Gasteiger partial charge in [-0.05, 0) is 61.1 Å². The lowest BCUT2D eigenvalue weighted by Crippen LogP contribution is -2.02. The summed E-state index contributed by atoms with van der Waals surface area (Å²) in [6.07, 6.45) is 7.71. The molecule has 0 radical (unpaired) electrons. The molecular formula is C18H16F2N4OS. The Morgan fingerprint density at radius 2 is 1.96 bits per heavy atom. The molecule has 2 heterocycles. The number of aryl methyl sites for hydroxylation is 2. The maximum Gasteiger partial charge on any atom is 0.387 e. The zero-order valence-corrected chi connectivity index (χ0v) is 14.6. The SMILES string of the molecule is FC(F)Oc1ccc(/C=N\Nc2ncnc3sc4c(c23)CCCC4)cc1. The number of thiophene rings is 1. The van der Waals surface area contributed by atoms with Crippen molar-refractivity contribution in [3.05, 3.63) is 46.6 Å². The monoisotopic (exact) mass is 374 g/mol. The van der Waals surface area contributed by atoms with Gasteiger partial charge in [-0.1, -0.05) is 0 Å². The molecule has 1 aliphatic carbocycles. The molecule has 2 aromatic heterocycles. The summed E-state index contributed by atoms with van der Waals surface area (Å²) in [6, 6.07) is 6.27. The average molecular weight is 374 g/mol. The fraction of sp³-hybridized carbons (Fsp3) is 0.278. The third-order valence-corrected chi connectivity index (χ3v) is 5.44. The zero-order chi connectivity index (χ0) is 17.9. The van der Waals surface area contributed by atoms with E-state index in [0.717, 1.165) is 28.6 Å². The third-order valence-electron chi connectivity index (χ3n) is 4.24. The minimum atomic E-state index is -2.83. The highest BCUT2D eigenvalue weighted by Gasteiger charge is 2.19. The van der Waals surface area contributed by atoms with Gasteiger partial charge in [-0.2, -0.15) is 13.9 Å². The smallest absolute Gasteiger partial charge is 0.387 e. The van der Waals surface area contributed by atoms with E-state index in [1.165, 1.54) is 35.4 Å². The summed E-state index contributed by atoms with van der Waals surface area (Å²) in [6.45, 7) is -2.83. The van der Waals surface area contributed by atoms with Gasteiger partial charge >= 0.3 is 6.61 Å². The fourth-order valence-electron chi connectivity index (χ4n) is 3.08. The molecule has 0 unspecified atom stereocenters. The predicted octanol–water partition coefficient (Wildman–Crippen LogP) is 4.62. The maximum absolute atomic E-state index is 12.2. The van der Waals surface area contributed by atoms with Gasteiger partial charge in [0.15, 0.2) is 5.82 Å². The molecular weight excluding hydrogens is 358 g/mol. The minimum absolute atomic E-state index is 0.118. The van der Waals surface area contributed by atoms with Crippen molar-refractivity contribution in [3.63, 3.8) is 0 Å². The Kier molecular flexibility index (Phi) is 4.75. The van der Waals surface area contributed by atoms with Crippen LogP contribution in [-0.2, 0) is 12.8 Å². The first-order valence-electron chi connectivity index (χ1n) is 8.30. The van der Waals surface area contributed by atoms with Crippen molar-refractivity contribution in [3.8, 4) is 5.75 Å². The molecule has 0 saturated carbocycles. The van der Waals surface area contributed by atoms with Gasteiger partial charge < -0.3 is 4.74 Å². The van der Waals surface area contributed by atoms with E-state index in [2.05, 4.69) is 25.2 Å². The van der Waals surface area contributed by atoms with Gasteiger partial charge in [-0.25, -0.2) is 9.97 Å². The lowest BCUT2D eigenvalue weighted by Gasteiger charge is -2.11. The van der Waals surface area contributed by atoms with E-state index in [-0.39, 0.29) is 5.75 Å². The number of alkyl halides is 2. The van der Waals surface area contributed by atoms with Crippen molar-refractivity contribution in [2.45, 2.75) is 32.3 Å². The van der Waals surface area contributed by atoms with Gasteiger partial charge in [0.2, 0.25) is 0 Å². The predicted molar refractivity (Wildman–Crippen MR) is 98.3 cm³/mol. The van der Waals surface area contributed by atoms with Gasteiger partial charge in [0.05, 0.1) is 11.6 Å². The topological polar surface area (TPSA) is 59.4 Å². The Morgan fingerprint density at radius 1 is 1.15 bits per heavy atom. The number of nitrogens with one attached hydrogen (secondary N) is 1. The molecule has 0 atom stereocenters. The first-order valence-corrected chi connectivity index (χ1v) is 9.11. The number of rotatable bonds is 5. The Balaban J connectivity index is 1.52. The molecule has 134 valence electrons. The second-order valence-corrected chi connectivity index (χ2v) is 7.01. The average Bonchev–Trinajstić information content (AvgIpc) is 3.02. The van der Waals surface area contributed by atoms with Crippen LogP contribution in [-0.4, -0.2) is 22.8 Å². The highest BCUT2D eigenvalue weighted by Crippen LogP contribution is 2.38. The molecule has 0 bridgehead atoms. The summed E-state index contributed by atoms with van der Waals surface area (Å²) in [5, 5.41) is 5.29. The standard InChI is InChI=1S/C18H16F2N4OS/c19-18(20)25-12-7-5-11(6-8-12)9-23-24-16-15-13-3-1-2-4-14(13)26-17(15)22-10-21-16/h5-10,18H,1-4H2,(H,21,22,24)/b23-9-. The van der Waals surface area contributed by atoms with Crippen molar-refractivity contribution in [1.82, 2.24) is 9.97 Å². The van der Waals surface area contributed by atoms with Crippen molar-refractivity contribution in [2.75, 3.05) is 5.43 Å². The molecule has 1 aliphatic rings. The lowest BCUT2D eigenvalue weighted by atomic mass is 9.97. The molecule has 1 N–H and O–H groups in total. The molecule has 1 aromatic carbocycles. The second kappa shape index (κ2) is 7.33. The number of benzene rings is 1. The number of hydrazone groups is 1. The second-order valence-electron chi connectivity index (χ2n) is 5.93. The molecule has 0 amide bonds. The summed E-state index contributed by atoms with van der Waals surface area (Å²) in [5.41, 5.74) is 5.09. The summed E-state index contributed by atoms with van der Waals surface area (Å²) < 4.78 is 28.7. The number of anilines is 1. The molecule has 0 aliphatic heterocycles. The van der Waals surface area contributed by atoms with Crippen LogP contribution in [0.15, 0.2) is 35.7 Å². The van der Waals surface area contributed by atoms with Crippen molar-refractivity contribution < 1.29 is 13.5 Å². The number of aromatic nitrogens is 2. The first kappa shape index (κ1) is 16.8. The number of hydrogen-bond acceptors (Lipinski definition) is 6. The van der Waals surface area contributed by atoms with Gasteiger partial charge in [0.1, 0.15) is 16.9 Å². The molecule has 0 spiro atoms. The van der Waals surface area contributed by atoms with Gasteiger partial charge in [-0.3, -0.25) is 5.43 Å². The molecule has 0 fully saturated rings. The summed E-state index contributed by atoms with van der Waals surface area (Å²) in [5.74, 6) is 0.816. The highest BCUT2D eigenvalue weighted by atomic mass is 32.1. The van der Waals surface area contributed by atoms with Crippen molar-refractivity contribution in [2.24, 2.45) is 5.10 Å². The van der Waals surface area contributed by atoms with Crippen LogP contribution in [0.3, 0.4) is 0 Å². The number of nitrogens with zero attached hydrogens (tertiary/aromatic N) is 3. The zero-order valence-electron chi connectivity index (χ0n) is 13.8. The van der Waals surface area contributed by atoms with Crippen LogP contribution in [0.4, 0.5) is 14.6 Å². The molecule has 4 rings (SSSR count). The molecule has 8 heteroatoms. The highest BCUT2D eigenvalue weighted by molar-refractivity contribution is 7.19. The number of hydrogen-bond donors (Lipinski definition) is 1. The van der Waals surface area contributed by atoms with Crippen LogP contribution in [0.2, 0.25) is 0 Å². The molecule has 0 saturated heterocycles. The normalized spacial score (nSPS) is 14.1. The number of fused-ring (bicyclic) bond motifs is 3. The van der Waals surface area contributed by atoms with E-state index < -0.39 is 6.61 Å². The summed E-state index contributed by atoms with van der Waals surface area (Å²) in [4.78, 5) is 11.1. The van der Waals surface area contributed by atoms with Crippen LogP contribution in [0.5, 0.6) is 5.75 Å². The Bertz CT molecular complexity index is 940. The third kappa shape index (κ3) is 3.50. The molecule has 3 aromatic rings. The minimum Gasteiger partial charge on any atom is -0.435 e. The van der Waals surface area contributed by atoms with Gasteiger partial charge in [-0.15, -0.1) is 11.3 Å². The van der Waals surface area contributed by atoms with Crippen molar-refractivity contribution >= 4 is 33.6 Å². The van der Waals surface area contributed by atoms with Crippen LogP contribution in [0.1, 0.15) is 28.8 Å². The van der Waals surface area contributed by atoms with Gasteiger partial charge in [0.25, 0.3) is 0 Å². The van der Waals surface area contributed by atoms with Crippen LogP contribution in [0.25, 0.3) is 10.2 Å². The number of ether oxygens (including phenoxy) is 1. The fourth-order valence-corrected chi connectivity index (χ4v) is 4.31. The Hall–Kier alpha value is -2.61. The summed E-state index contributed by atoms with van der Waals surface area (Å²) in [7, 11) is 0. The van der Waals surface area contributed by atoms with E-state index >= 15 is 0 Å².